The predicted octanol–water partition coefficient (Wildman–Crippen LogP) is 1.25. The number of aromatic hydroxyl groups is 1. The molecule has 3 aliphatic rings. The Labute approximate surface area is 230 Å². The number of carbonyl (C=O) groups is 3. The lowest BCUT2D eigenvalue weighted by Crippen LogP contribution is -2.63. The molecule has 0 spiro atoms. The van der Waals surface area contributed by atoms with Gasteiger partial charge in [-0.25, -0.2) is 0 Å². The summed E-state index contributed by atoms with van der Waals surface area (Å²) < 4.78 is 5.37. The van der Waals surface area contributed by atoms with E-state index in [4.69, 9.17) is 16.2 Å². The van der Waals surface area contributed by atoms with Gasteiger partial charge in [-0.2, -0.15) is 0 Å². The van der Waals surface area contributed by atoms with Crippen LogP contribution < -0.4 is 16.2 Å². The van der Waals surface area contributed by atoms with Crippen LogP contribution in [0.1, 0.15) is 27.9 Å². The number of hydrogen-bond donors (Lipinski definition) is 6. The molecule has 1 amide bonds. The number of likely N-dealkylation sites (N-methyl/N-ethyl adjacent to an activating group) is 1. The van der Waals surface area contributed by atoms with Crippen molar-refractivity contribution in [1.82, 2.24) is 4.90 Å². The molecule has 5 rings (SSSR count). The zero-order chi connectivity index (χ0) is 29.3. The maximum absolute atomic E-state index is 13.9. The third kappa shape index (κ3) is 3.65. The van der Waals surface area contributed by atoms with Gasteiger partial charge in [-0.15, -0.1) is 0 Å². The van der Waals surface area contributed by atoms with Gasteiger partial charge in [0.1, 0.15) is 28.6 Å². The number of Topliss-reactive ketones (excluding diaryl/α,β-unsaturated/α-hetero) is 2. The number of nitrogens with two attached hydrogens (primary N) is 2. The lowest BCUT2D eigenvalue weighted by atomic mass is 9.58. The van der Waals surface area contributed by atoms with Crippen molar-refractivity contribution in [3.63, 3.8) is 0 Å². The zero-order valence-electron chi connectivity index (χ0n) is 22.3. The zero-order valence-corrected chi connectivity index (χ0v) is 22.3. The molecule has 0 bridgehead atoms. The van der Waals surface area contributed by atoms with Crippen LogP contribution in [-0.4, -0.2) is 75.6 Å². The first kappa shape index (κ1) is 27.4. The standard InChI is InChI=1S/C29H31N3O8/c1-32(2)23-17-10-13-9-16-15(12-4-7-19(40-3)14(8-12)11-30)5-6-18(33)21(16)24(34)20(13)26(36)29(17,39)27(37)22(25(23)35)28(31)38/h4-8,13,17,23,33,35-36,39H,9-11,30H2,1-3H3,(H2,31,38)/t13-,17-,23-,29-/m0/s1. The molecule has 0 aliphatic heterocycles. The van der Waals surface area contributed by atoms with Crippen molar-refractivity contribution in [2.75, 3.05) is 21.2 Å². The van der Waals surface area contributed by atoms with Crippen molar-refractivity contribution >= 4 is 17.5 Å². The molecule has 0 unspecified atom stereocenters. The number of amides is 1. The summed E-state index contributed by atoms with van der Waals surface area (Å²) in [5.41, 5.74) is 10.2. The average Bonchev–Trinajstić information content (AvgIpc) is 2.90. The van der Waals surface area contributed by atoms with E-state index < -0.39 is 58.0 Å². The van der Waals surface area contributed by atoms with Gasteiger partial charge in [-0.3, -0.25) is 19.3 Å². The number of aliphatic hydroxyl groups is 3. The van der Waals surface area contributed by atoms with E-state index in [1.165, 1.54) is 18.1 Å². The van der Waals surface area contributed by atoms with E-state index in [2.05, 4.69) is 0 Å². The summed E-state index contributed by atoms with van der Waals surface area (Å²) >= 11 is 0. The first-order chi connectivity index (χ1) is 18.9. The van der Waals surface area contributed by atoms with E-state index in [0.29, 0.717) is 16.9 Å². The number of methoxy groups -OCH3 is 1. The van der Waals surface area contributed by atoms with Gasteiger partial charge in [0.05, 0.1) is 18.7 Å². The number of phenols is 1. The molecule has 0 fully saturated rings. The first-order valence-electron chi connectivity index (χ1n) is 12.7. The van der Waals surface area contributed by atoms with Crippen molar-refractivity contribution in [3.05, 3.63) is 69.7 Å². The number of rotatable bonds is 5. The van der Waals surface area contributed by atoms with Crippen LogP contribution in [0.25, 0.3) is 11.1 Å². The SMILES string of the molecule is COc1ccc(-c2ccc(O)c3c2C[C@H]2C[C@H]4[C@H](N(C)C)C(O)=C(C(N)=O)C(=O)[C@@]4(O)C(O)=C2C3=O)cc1CN. The molecule has 4 atom stereocenters. The van der Waals surface area contributed by atoms with E-state index in [1.54, 1.807) is 26.2 Å². The van der Waals surface area contributed by atoms with Crippen LogP contribution in [0.3, 0.4) is 0 Å². The van der Waals surface area contributed by atoms with Crippen molar-refractivity contribution < 1.29 is 39.5 Å². The number of ketones is 2. The van der Waals surface area contributed by atoms with Crippen molar-refractivity contribution in [3.8, 4) is 22.6 Å². The van der Waals surface area contributed by atoms with Crippen LogP contribution in [0.5, 0.6) is 11.5 Å². The summed E-state index contributed by atoms with van der Waals surface area (Å²) in [6.07, 6.45) is 0.194. The van der Waals surface area contributed by atoms with Gasteiger partial charge in [0, 0.05) is 23.6 Å². The van der Waals surface area contributed by atoms with E-state index in [0.717, 1.165) is 11.1 Å². The third-order valence-electron chi connectivity index (χ3n) is 8.42. The number of primary amides is 1. The molecule has 0 aromatic heterocycles. The Balaban J connectivity index is 1.71. The second-order valence-corrected chi connectivity index (χ2v) is 10.7. The van der Waals surface area contributed by atoms with Crippen molar-refractivity contribution in [2.45, 2.75) is 31.0 Å². The van der Waals surface area contributed by atoms with Crippen LogP contribution in [-0.2, 0) is 22.6 Å². The Hall–Kier alpha value is -4.19. The van der Waals surface area contributed by atoms with Gasteiger partial charge in [-0.05, 0) is 67.7 Å². The minimum Gasteiger partial charge on any atom is -0.510 e. The highest BCUT2D eigenvalue weighted by Gasteiger charge is 2.63. The van der Waals surface area contributed by atoms with Gasteiger partial charge in [0.15, 0.2) is 11.4 Å². The topological polar surface area (TPSA) is 197 Å². The van der Waals surface area contributed by atoms with Crippen molar-refractivity contribution in [2.24, 2.45) is 23.3 Å². The highest BCUT2D eigenvalue weighted by atomic mass is 16.5. The van der Waals surface area contributed by atoms with Gasteiger partial charge in [-0.1, -0.05) is 12.1 Å². The number of aliphatic hydroxyl groups excluding tert-OH is 2. The molecule has 11 heteroatoms. The number of allylic oxidation sites excluding steroid dienone is 1. The molecule has 0 heterocycles. The Morgan fingerprint density at radius 1 is 1.15 bits per heavy atom. The van der Waals surface area contributed by atoms with E-state index in [1.807, 2.05) is 12.1 Å². The fourth-order valence-electron chi connectivity index (χ4n) is 6.63. The Morgan fingerprint density at radius 2 is 1.85 bits per heavy atom. The largest absolute Gasteiger partial charge is 0.510 e. The summed E-state index contributed by atoms with van der Waals surface area (Å²) in [7, 11) is 4.71. The number of fused-ring (bicyclic) bond motifs is 3. The number of ether oxygens (including phenoxy) is 1. The molecule has 0 saturated carbocycles. The Morgan fingerprint density at radius 3 is 2.45 bits per heavy atom. The predicted molar refractivity (Wildman–Crippen MR) is 144 cm³/mol. The molecule has 11 nitrogen and oxygen atoms in total. The molecular weight excluding hydrogens is 518 g/mol. The third-order valence-corrected chi connectivity index (χ3v) is 8.42. The molecule has 40 heavy (non-hydrogen) atoms. The van der Waals surface area contributed by atoms with Gasteiger partial charge in [0.2, 0.25) is 5.78 Å². The summed E-state index contributed by atoms with van der Waals surface area (Å²) in [5.74, 6) is -6.25. The number of carbonyl (C=O) groups excluding carboxylic acids is 3. The van der Waals surface area contributed by atoms with Crippen molar-refractivity contribution in [1.29, 1.82) is 0 Å². The lowest BCUT2D eigenvalue weighted by molar-refractivity contribution is -0.148. The van der Waals surface area contributed by atoms with Crippen LogP contribution >= 0.6 is 0 Å². The second-order valence-electron chi connectivity index (χ2n) is 10.7. The Kier molecular flexibility index (Phi) is 6.48. The van der Waals surface area contributed by atoms with E-state index in [9.17, 15) is 34.8 Å². The number of phenolic OH excluding ortho intramolecular Hbond substituents is 1. The fraction of sp³-hybridized carbons (Fsp3) is 0.345. The summed E-state index contributed by atoms with van der Waals surface area (Å²) in [6, 6.07) is 7.43. The smallest absolute Gasteiger partial charge is 0.255 e. The first-order valence-corrected chi connectivity index (χ1v) is 12.7. The normalized spacial score (nSPS) is 26.0. The quantitative estimate of drug-likeness (QED) is 0.295. The molecule has 2 aromatic rings. The van der Waals surface area contributed by atoms with Gasteiger partial charge < -0.3 is 36.6 Å². The molecule has 0 radical (unpaired) electrons. The lowest BCUT2D eigenvalue weighted by Gasteiger charge is -2.50. The van der Waals surface area contributed by atoms with E-state index >= 15 is 0 Å². The Bertz CT molecular complexity index is 1540. The summed E-state index contributed by atoms with van der Waals surface area (Å²) in [5, 5.41) is 44.8. The average molecular weight is 550 g/mol. The summed E-state index contributed by atoms with van der Waals surface area (Å²) in [6.45, 7) is 0.212. The van der Waals surface area contributed by atoms with Gasteiger partial charge in [0.25, 0.3) is 5.91 Å². The summed E-state index contributed by atoms with van der Waals surface area (Å²) in [4.78, 5) is 40.9. The van der Waals surface area contributed by atoms with Crippen LogP contribution in [0.2, 0.25) is 0 Å². The second kappa shape index (κ2) is 9.47. The van der Waals surface area contributed by atoms with Crippen LogP contribution in [0.4, 0.5) is 0 Å². The van der Waals surface area contributed by atoms with Gasteiger partial charge >= 0.3 is 0 Å². The highest BCUT2D eigenvalue weighted by Crippen LogP contribution is 2.53. The molecule has 0 saturated heterocycles. The van der Waals surface area contributed by atoms with E-state index in [-0.39, 0.29) is 36.3 Å². The number of hydrogen-bond acceptors (Lipinski definition) is 10. The molecular formula is C29H31N3O8. The minimum absolute atomic E-state index is 0.0114. The fourth-order valence-corrected chi connectivity index (χ4v) is 6.63. The maximum atomic E-state index is 13.9. The number of nitrogens with zero attached hydrogens (tertiary/aromatic N) is 1. The van der Waals surface area contributed by atoms with Crippen LogP contribution in [0.15, 0.2) is 53.0 Å². The molecule has 2 aromatic carbocycles. The molecule has 3 aliphatic carbocycles. The molecule has 210 valence electrons. The monoisotopic (exact) mass is 549 g/mol. The minimum atomic E-state index is -2.68. The molecule has 8 N–H and O–H groups in total. The van der Waals surface area contributed by atoms with Crippen LogP contribution in [0, 0.1) is 11.8 Å². The number of benzene rings is 2. The maximum Gasteiger partial charge on any atom is 0.255 e. The highest BCUT2D eigenvalue weighted by molar-refractivity contribution is 6.24.